The third-order valence-corrected chi connectivity index (χ3v) is 6.71. The number of piperidine rings is 1. The highest BCUT2D eigenvalue weighted by Crippen LogP contribution is 2.43. The molecule has 3 aromatic rings. The van der Waals surface area contributed by atoms with Crippen LogP contribution in [-0.2, 0) is 16.1 Å². The lowest BCUT2D eigenvalue weighted by Crippen LogP contribution is -2.52. The second-order valence-corrected chi connectivity index (χ2v) is 9.03. The highest BCUT2D eigenvalue weighted by Gasteiger charge is 2.51. The van der Waals surface area contributed by atoms with E-state index in [9.17, 15) is 14.4 Å². The molecule has 5 rings (SSSR count). The van der Waals surface area contributed by atoms with Gasteiger partial charge in [-0.3, -0.25) is 19.1 Å². The van der Waals surface area contributed by atoms with E-state index in [1.165, 1.54) is 11.6 Å². The molecule has 2 amide bonds. The van der Waals surface area contributed by atoms with E-state index in [-0.39, 0.29) is 46.9 Å². The van der Waals surface area contributed by atoms with Crippen LogP contribution in [0.1, 0.15) is 36.7 Å². The first-order chi connectivity index (χ1) is 15.8. The summed E-state index contributed by atoms with van der Waals surface area (Å²) >= 11 is 5.93. The number of anilines is 2. The van der Waals surface area contributed by atoms with Crippen LogP contribution in [0.5, 0.6) is 0 Å². The van der Waals surface area contributed by atoms with Crippen LogP contribution in [0.4, 0.5) is 11.5 Å². The van der Waals surface area contributed by atoms with Crippen molar-refractivity contribution in [1.82, 2.24) is 19.7 Å². The summed E-state index contributed by atoms with van der Waals surface area (Å²) in [5.74, 6) is -0.238. The third-order valence-electron chi connectivity index (χ3n) is 6.50. The van der Waals surface area contributed by atoms with Gasteiger partial charge in [0.15, 0.2) is 5.78 Å². The fourth-order valence-electron chi connectivity index (χ4n) is 5.15. The number of Topliss-reactive ketones (excluding diaryl/α,β-unsaturated/α-hetero) is 1. The number of halogens is 1. The molecule has 0 unspecified atom stereocenters. The maximum atomic E-state index is 13.5. The zero-order valence-corrected chi connectivity index (χ0v) is 18.7. The summed E-state index contributed by atoms with van der Waals surface area (Å²) in [6, 6.07) is 9.57. The highest BCUT2D eigenvalue weighted by molar-refractivity contribution is 6.29. The van der Waals surface area contributed by atoms with Gasteiger partial charge in [-0.05, 0) is 55.5 Å². The molecule has 170 valence electrons. The van der Waals surface area contributed by atoms with Gasteiger partial charge in [-0.1, -0.05) is 17.7 Å². The molecule has 3 heterocycles. The Kier molecular flexibility index (Phi) is 5.28. The predicted molar refractivity (Wildman–Crippen MR) is 124 cm³/mol. The van der Waals surface area contributed by atoms with Crippen molar-refractivity contribution in [3.05, 3.63) is 47.2 Å². The van der Waals surface area contributed by atoms with Crippen molar-refractivity contribution in [2.24, 2.45) is 5.92 Å². The normalized spacial score (nSPS) is 21.5. The van der Waals surface area contributed by atoms with Crippen molar-refractivity contribution in [2.75, 3.05) is 11.1 Å². The molecule has 0 spiro atoms. The zero-order chi connectivity index (χ0) is 23.3. The minimum atomic E-state index is -0.582. The number of pyridine rings is 1. The van der Waals surface area contributed by atoms with Crippen molar-refractivity contribution in [1.29, 1.82) is 0 Å². The largest absolute Gasteiger partial charge is 0.399 e. The number of ketones is 1. The van der Waals surface area contributed by atoms with Crippen molar-refractivity contribution in [3.63, 3.8) is 0 Å². The number of benzene rings is 1. The number of nitrogens with zero attached hydrogens (tertiary/aromatic N) is 4. The van der Waals surface area contributed by atoms with Gasteiger partial charge in [-0.25, -0.2) is 4.98 Å². The Morgan fingerprint density at radius 2 is 2.03 bits per heavy atom. The number of carbonyl (C=O) groups excluding carboxylic acids is 3. The second kappa shape index (κ2) is 8.15. The van der Waals surface area contributed by atoms with E-state index >= 15 is 0 Å². The SMILES string of the molecule is CC(=O)c1nn(CC(=O)N2[C@@H]3CC[C@@H](C3)[C@H]2C(=O)Nc2cccc(Cl)n2)c2ccc(N)cc12. The van der Waals surface area contributed by atoms with E-state index in [4.69, 9.17) is 17.3 Å². The maximum Gasteiger partial charge on any atom is 0.248 e. The lowest BCUT2D eigenvalue weighted by atomic mass is 9.97. The standard InChI is InChI=1S/C23H23ClN6O3/c1-12(31)21-16-10-14(25)6-8-17(16)29(28-21)11-20(32)30-15-7-5-13(9-15)22(30)23(33)27-19-4-2-3-18(24)26-19/h2-4,6,8,10,13,15,22H,5,7,9,11,25H2,1H3,(H,26,27,33)/t13-,15+,22-/m0/s1. The summed E-state index contributed by atoms with van der Waals surface area (Å²) in [7, 11) is 0. The van der Waals surface area contributed by atoms with E-state index in [0.29, 0.717) is 22.4 Å². The Hall–Kier alpha value is -3.46. The first kappa shape index (κ1) is 21.4. The highest BCUT2D eigenvalue weighted by atomic mass is 35.5. The molecule has 2 aliphatic rings. The molecular weight excluding hydrogens is 444 g/mol. The molecular formula is C23H23ClN6O3. The number of carbonyl (C=O) groups is 3. The summed E-state index contributed by atoms with van der Waals surface area (Å²) in [6.07, 6.45) is 2.56. The summed E-state index contributed by atoms with van der Waals surface area (Å²) in [5.41, 5.74) is 7.32. The number of amides is 2. The number of nitrogens with one attached hydrogen (secondary N) is 1. The van der Waals surface area contributed by atoms with Gasteiger partial charge in [0.25, 0.3) is 0 Å². The quantitative estimate of drug-likeness (QED) is 0.338. The zero-order valence-electron chi connectivity index (χ0n) is 18.0. The summed E-state index contributed by atoms with van der Waals surface area (Å²) < 4.78 is 1.52. The molecule has 2 fully saturated rings. The predicted octanol–water partition coefficient (Wildman–Crippen LogP) is 2.89. The van der Waals surface area contributed by atoms with Gasteiger partial charge in [-0.15, -0.1) is 0 Å². The molecule has 1 aliphatic heterocycles. The number of fused-ring (bicyclic) bond motifs is 3. The van der Waals surface area contributed by atoms with Crippen LogP contribution in [-0.4, -0.2) is 49.3 Å². The molecule has 1 aromatic carbocycles. The lowest BCUT2D eigenvalue weighted by molar-refractivity contribution is -0.141. The van der Waals surface area contributed by atoms with Crippen molar-refractivity contribution >= 4 is 51.6 Å². The maximum absolute atomic E-state index is 13.5. The fraction of sp³-hybridized carbons (Fsp3) is 0.348. The number of hydrogen-bond acceptors (Lipinski definition) is 6. The van der Waals surface area contributed by atoms with Gasteiger partial charge in [0, 0.05) is 24.0 Å². The van der Waals surface area contributed by atoms with E-state index in [2.05, 4.69) is 15.4 Å². The van der Waals surface area contributed by atoms with E-state index in [1.807, 2.05) is 0 Å². The molecule has 2 aromatic heterocycles. The van der Waals surface area contributed by atoms with Gasteiger partial charge in [0.1, 0.15) is 29.3 Å². The Morgan fingerprint density at radius 1 is 1.21 bits per heavy atom. The van der Waals surface area contributed by atoms with Gasteiger partial charge < -0.3 is 16.0 Å². The molecule has 1 aliphatic carbocycles. The summed E-state index contributed by atoms with van der Waals surface area (Å²) in [5, 5.41) is 8.08. The van der Waals surface area contributed by atoms with E-state index < -0.39 is 6.04 Å². The van der Waals surface area contributed by atoms with Crippen LogP contribution in [0.2, 0.25) is 5.15 Å². The van der Waals surface area contributed by atoms with Crippen LogP contribution < -0.4 is 11.1 Å². The fourth-order valence-corrected chi connectivity index (χ4v) is 5.31. The molecule has 3 atom stereocenters. The van der Waals surface area contributed by atoms with Gasteiger partial charge in [0.05, 0.1) is 5.52 Å². The second-order valence-electron chi connectivity index (χ2n) is 8.65. The number of hydrogen-bond donors (Lipinski definition) is 2. The number of nitrogens with two attached hydrogens (primary N) is 1. The third kappa shape index (κ3) is 3.82. The molecule has 33 heavy (non-hydrogen) atoms. The van der Waals surface area contributed by atoms with Crippen LogP contribution in [0.15, 0.2) is 36.4 Å². The number of likely N-dealkylation sites (tertiary alicyclic amines) is 1. The van der Waals surface area contributed by atoms with E-state index in [0.717, 1.165) is 19.3 Å². The topological polar surface area (TPSA) is 123 Å². The Morgan fingerprint density at radius 3 is 2.79 bits per heavy atom. The van der Waals surface area contributed by atoms with Crippen LogP contribution >= 0.6 is 11.6 Å². The van der Waals surface area contributed by atoms with Crippen LogP contribution in [0.3, 0.4) is 0 Å². The van der Waals surface area contributed by atoms with Crippen molar-refractivity contribution in [3.8, 4) is 0 Å². The smallest absolute Gasteiger partial charge is 0.248 e. The monoisotopic (exact) mass is 466 g/mol. The summed E-state index contributed by atoms with van der Waals surface area (Å²) in [4.78, 5) is 44.5. The molecule has 3 N–H and O–H groups in total. The first-order valence-electron chi connectivity index (χ1n) is 10.8. The summed E-state index contributed by atoms with van der Waals surface area (Å²) in [6.45, 7) is 1.36. The van der Waals surface area contributed by atoms with Gasteiger partial charge in [0.2, 0.25) is 11.8 Å². The molecule has 2 bridgehead atoms. The van der Waals surface area contributed by atoms with Crippen LogP contribution in [0, 0.1) is 5.92 Å². The Balaban J connectivity index is 1.42. The first-order valence-corrected chi connectivity index (χ1v) is 11.2. The minimum absolute atomic E-state index is 0.00955. The number of aromatic nitrogens is 3. The van der Waals surface area contributed by atoms with Gasteiger partial charge in [-0.2, -0.15) is 5.10 Å². The molecule has 0 radical (unpaired) electrons. The van der Waals surface area contributed by atoms with Crippen molar-refractivity contribution in [2.45, 2.75) is 44.8 Å². The average molecular weight is 467 g/mol. The average Bonchev–Trinajstić information content (AvgIpc) is 3.46. The number of rotatable bonds is 5. The molecule has 9 nitrogen and oxygen atoms in total. The van der Waals surface area contributed by atoms with Gasteiger partial charge >= 0.3 is 0 Å². The van der Waals surface area contributed by atoms with Crippen molar-refractivity contribution < 1.29 is 14.4 Å². The Labute approximate surface area is 194 Å². The molecule has 1 saturated carbocycles. The lowest BCUT2D eigenvalue weighted by Gasteiger charge is -2.34. The van der Waals surface area contributed by atoms with E-state index in [1.54, 1.807) is 41.3 Å². The molecule has 1 saturated heterocycles. The number of nitrogen functional groups attached to an aromatic ring is 1. The minimum Gasteiger partial charge on any atom is -0.399 e. The Bertz CT molecular complexity index is 1290. The molecule has 10 heteroatoms. The van der Waals surface area contributed by atoms with Crippen LogP contribution in [0.25, 0.3) is 10.9 Å².